The molecule has 0 aliphatic carbocycles. The molecule has 1 amide bonds. The number of amides is 1. The van der Waals surface area contributed by atoms with Crippen LogP contribution < -0.4 is 5.32 Å². The van der Waals surface area contributed by atoms with Crippen LogP contribution in [0.5, 0.6) is 0 Å². The minimum absolute atomic E-state index is 0.0136. The highest BCUT2D eigenvalue weighted by Crippen LogP contribution is 2.22. The molecule has 1 aromatic carbocycles. The van der Waals surface area contributed by atoms with Gasteiger partial charge in [0.15, 0.2) is 0 Å². The van der Waals surface area contributed by atoms with Crippen molar-refractivity contribution in [3.63, 3.8) is 0 Å². The zero-order chi connectivity index (χ0) is 15.5. The number of halogens is 2. The lowest BCUT2D eigenvalue weighted by molar-refractivity contribution is -0.124. The maximum Gasteiger partial charge on any atom is 0.242 e. The Bertz CT molecular complexity index is 607. The summed E-state index contributed by atoms with van der Waals surface area (Å²) in [4.78, 5) is 11.3. The average Bonchev–Trinajstić information content (AvgIpc) is 2.40. The zero-order valence-electron chi connectivity index (χ0n) is 11.4. The second-order valence-electron chi connectivity index (χ2n) is 4.38. The molecular formula is C12H16BrFN2O3S. The Morgan fingerprint density at radius 2 is 2.10 bits per heavy atom. The molecule has 0 saturated heterocycles. The van der Waals surface area contributed by atoms with E-state index in [0.717, 1.165) is 10.4 Å². The van der Waals surface area contributed by atoms with Crippen molar-refractivity contribution in [2.75, 3.05) is 20.6 Å². The van der Waals surface area contributed by atoms with Crippen LogP contribution in [0, 0.1) is 11.7 Å². The molecule has 0 fully saturated rings. The molecule has 0 saturated carbocycles. The Kier molecular flexibility index (Phi) is 5.67. The van der Waals surface area contributed by atoms with Crippen LogP contribution in [-0.4, -0.2) is 39.3 Å². The summed E-state index contributed by atoms with van der Waals surface area (Å²) in [5, 5.41) is 2.45. The van der Waals surface area contributed by atoms with Crippen LogP contribution in [-0.2, 0) is 14.8 Å². The lowest BCUT2D eigenvalue weighted by Crippen LogP contribution is -2.37. The number of hydrogen-bond acceptors (Lipinski definition) is 3. The second kappa shape index (κ2) is 6.64. The Balaban J connectivity index is 2.98. The van der Waals surface area contributed by atoms with Crippen molar-refractivity contribution in [1.82, 2.24) is 9.62 Å². The maximum atomic E-state index is 13.4. The smallest absolute Gasteiger partial charge is 0.242 e. The van der Waals surface area contributed by atoms with E-state index in [1.54, 1.807) is 6.92 Å². The van der Waals surface area contributed by atoms with E-state index in [4.69, 9.17) is 0 Å². The fourth-order valence-corrected chi connectivity index (χ4v) is 3.15. The summed E-state index contributed by atoms with van der Waals surface area (Å²) >= 11 is 2.97. The van der Waals surface area contributed by atoms with Crippen molar-refractivity contribution >= 4 is 31.9 Å². The third-order valence-corrected chi connectivity index (χ3v) is 5.29. The number of sulfonamides is 1. The van der Waals surface area contributed by atoms with Crippen molar-refractivity contribution in [3.8, 4) is 0 Å². The quantitative estimate of drug-likeness (QED) is 0.860. The SMILES string of the molecule is CNC(=O)C(C)CN(C)S(=O)(=O)c1ccc(Br)c(F)c1. The van der Waals surface area contributed by atoms with Gasteiger partial charge in [-0.2, -0.15) is 0 Å². The average molecular weight is 367 g/mol. The van der Waals surface area contributed by atoms with Gasteiger partial charge in [-0.25, -0.2) is 17.1 Å². The first kappa shape index (κ1) is 17.1. The first-order valence-electron chi connectivity index (χ1n) is 5.83. The molecule has 0 bridgehead atoms. The van der Waals surface area contributed by atoms with Gasteiger partial charge in [-0.15, -0.1) is 0 Å². The molecular weight excluding hydrogens is 351 g/mol. The topological polar surface area (TPSA) is 66.5 Å². The highest BCUT2D eigenvalue weighted by atomic mass is 79.9. The number of hydrogen-bond donors (Lipinski definition) is 1. The van der Waals surface area contributed by atoms with Crippen LogP contribution in [0.25, 0.3) is 0 Å². The summed E-state index contributed by atoms with van der Waals surface area (Å²) in [5.74, 6) is -1.41. The fraction of sp³-hybridized carbons (Fsp3) is 0.417. The summed E-state index contributed by atoms with van der Waals surface area (Å²) in [6.45, 7) is 1.63. The molecule has 1 aromatic rings. The number of benzene rings is 1. The molecule has 1 unspecified atom stereocenters. The molecule has 112 valence electrons. The fourth-order valence-electron chi connectivity index (χ4n) is 1.63. The van der Waals surface area contributed by atoms with E-state index in [2.05, 4.69) is 21.2 Å². The monoisotopic (exact) mass is 366 g/mol. The molecule has 5 nitrogen and oxygen atoms in total. The molecule has 0 aromatic heterocycles. The van der Waals surface area contributed by atoms with Gasteiger partial charge in [0, 0.05) is 26.6 Å². The van der Waals surface area contributed by atoms with Crippen LogP contribution >= 0.6 is 15.9 Å². The normalized spacial score (nSPS) is 13.3. The minimum atomic E-state index is -3.82. The lowest BCUT2D eigenvalue weighted by atomic mass is 10.2. The van der Waals surface area contributed by atoms with Crippen LogP contribution in [0.3, 0.4) is 0 Å². The van der Waals surface area contributed by atoms with Gasteiger partial charge in [-0.1, -0.05) is 6.92 Å². The molecule has 0 heterocycles. The molecule has 1 rings (SSSR count). The molecule has 0 aliphatic heterocycles. The van der Waals surface area contributed by atoms with Crippen molar-refractivity contribution in [2.45, 2.75) is 11.8 Å². The lowest BCUT2D eigenvalue weighted by Gasteiger charge is -2.20. The van der Waals surface area contributed by atoms with Crippen LogP contribution in [0.15, 0.2) is 27.6 Å². The summed E-state index contributed by atoms with van der Waals surface area (Å²) < 4.78 is 39.2. The van der Waals surface area contributed by atoms with Crippen LogP contribution in [0.2, 0.25) is 0 Å². The third kappa shape index (κ3) is 3.77. The van der Waals surface area contributed by atoms with E-state index in [-0.39, 0.29) is 21.8 Å². The third-order valence-electron chi connectivity index (χ3n) is 2.82. The van der Waals surface area contributed by atoms with E-state index >= 15 is 0 Å². The molecule has 20 heavy (non-hydrogen) atoms. The van der Waals surface area contributed by atoms with E-state index in [0.29, 0.717) is 0 Å². The number of carbonyl (C=O) groups excluding carboxylic acids is 1. The summed E-state index contributed by atoms with van der Waals surface area (Å²) in [7, 11) is -0.983. The largest absolute Gasteiger partial charge is 0.359 e. The van der Waals surface area contributed by atoms with Crippen LogP contribution in [0.1, 0.15) is 6.92 Å². The molecule has 0 radical (unpaired) electrons. The first-order chi connectivity index (χ1) is 9.20. The molecule has 0 aliphatic rings. The zero-order valence-corrected chi connectivity index (χ0v) is 13.8. The van der Waals surface area contributed by atoms with Crippen molar-refractivity contribution in [3.05, 3.63) is 28.5 Å². The van der Waals surface area contributed by atoms with Gasteiger partial charge in [0.1, 0.15) is 5.82 Å². The molecule has 8 heteroatoms. The van der Waals surface area contributed by atoms with E-state index < -0.39 is 21.8 Å². The number of nitrogens with one attached hydrogen (secondary N) is 1. The summed E-state index contributed by atoms with van der Waals surface area (Å²) in [6.07, 6.45) is 0. The van der Waals surface area contributed by atoms with Gasteiger partial charge < -0.3 is 5.32 Å². The number of carbonyl (C=O) groups is 1. The molecule has 1 atom stereocenters. The van der Waals surface area contributed by atoms with Gasteiger partial charge in [0.05, 0.1) is 9.37 Å². The van der Waals surface area contributed by atoms with Crippen molar-refractivity contribution < 1.29 is 17.6 Å². The Labute approximate surface area is 126 Å². The van der Waals surface area contributed by atoms with Gasteiger partial charge in [-0.3, -0.25) is 4.79 Å². The van der Waals surface area contributed by atoms with Gasteiger partial charge >= 0.3 is 0 Å². The van der Waals surface area contributed by atoms with Gasteiger partial charge in [0.25, 0.3) is 0 Å². The summed E-state index contributed by atoms with van der Waals surface area (Å²) in [5.41, 5.74) is 0. The van der Waals surface area contributed by atoms with E-state index in [1.165, 1.54) is 26.2 Å². The van der Waals surface area contributed by atoms with Gasteiger partial charge in [-0.05, 0) is 34.1 Å². The first-order valence-corrected chi connectivity index (χ1v) is 8.06. The van der Waals surface area contributed by atoms with Crippen molar-refractivity contribution in [1.29, 1.82) is 0 Å². The Hall–Kier alpha value is -0.990. The highest BCUT2D eigenvalue weighted by molar-refractivity contribution is 9.10. The van der Waals surface area contributed by atoms with Crippen LogP contribution in [0.4, 0.5) is 4.39 Å². The van der Waals surface area contributed by atoms with E-state index in [9.17, 15) is 17.6 Å². The number of rotatable bonds is 5. The number of nitrogens with zero attached hydrogens (tertiary/aromatic N) is 1. The maximum absolute atomic E-state index is 13.4. The van der Waals surface area contributed by atoms with Crippen molar-refractivity contribution in [2.24, 2.45) is 5.92 Å². The second-order valence-corrected chi connectivity index (χ2v) is 7.28. The molecule has 0 spiro atoms. The Morgan fingerprint density at radius 1 is 1.50 bits per heavy atom. The van der Waals surface area contributed by atoms with E-state index in [1.807, 2.05) is 0 Å². The summed E-state index contributed by atoms with van der Waals surface area (Å²) in [6, 6.07) is 3.59. The minimum Gasteiger partial charge on any atom is -0.359 e. The standard InChI is InChI=1S/C12H16BrFN2O3S/c1-8(12(17)15-2)7-16(3)20(18,19)9-4-5-10(13)11(14)6-9/h4-6,8H,7H2,1-3H3,(H,15,17). The highest BCUT2D eigenvalue weighted by Gasteiger charge is 2.25. The predicted molar refractivity (Wildman–Crippen MR) is 77.1 cm³/mol. The Morgan fingerprint density at radius 3 is 2.60 bits per heavy atom. The molecule has 1 N–H and O–H groups in total. The van der Waals surface area contributed by atoms with Gasteiger partial charge in [0.2, 0.25) is 15.9 Å². The predicted octanol–water partition coefficient (Wildman–Crippen LogP) is 1.59.